The van der Waals surface area contributed by atoms with Gasteiger partial charge in [0.2, 0.25) is 5.91 Å². The Kier molecular flexibility index (Phi) is 2.99. The molecular weight excluding hydrogens is 260 g/mol. The van der Waals surface area contributed by atoms with Gasteiger partial charge in [0.05, 0.1) is 11.1 Å². The van der Waals surface area contributed by atoms with Crippen molar-refractivity contribution in [3.63, 3.8) is 0 Å². The lowest BCUT2D eigenvalue weighted by Crippen LogP contribution is -2.36. The smallest absolute Gasteiger partial charge is 0.311 e. The van der Waals surface area contributed by atoms with Crippen LogP contribution in [-0.4, -0.2) is 50.0 Å². The van der Waals surface area contributed by atoms with Gasteiger partial charge in [-0.2, -0.15) is 0 Å². The molecule has 1 aromatic rings. The van der Waals surface area contributed by atoms with Crippen LogP contribution in [0.4, 0.5) is 0 Å². The van der Waals surface area contributed by atoms with Crippen LogP contribution in [0.25, 0.3) is 0 Å². The molecule has 1 N–H and O–H groups in total. The van der Waals surface area contributed by atoms with Crippen LogP contribution >= 0.6 is 0 Å². The third-order valence-corrected chi connectivity index (χ3v) is 4.19. The summed E-state index contributed by atoms with van der Waals surface area (Å²) < 4.78 is 1.55. The topological polar surface area (TPSA) is 88.3 Å². The molecule has 0 radical (unpaired) electrons. The average Bonchev–Trinajstić information content (AvgIpc) is 3.01. The molecular formula is C13H18N4O3. The molecule has 1 atom stereocenters. The number of carbonyl (C=O) groups is 2. The number of aliphatic carboxylic acids is 1. The van der Waals surface area contributed by atoms with E-state index in [2.05, 4.69) is 10.3 Å². The molecule has 3 rings (SSSR count). The van der Waals surface area contributed by atoms with E-state index < -0.39 is 11.4 Å². The molecule has 0 bridgehead atoms. The standard InChI is InChI=1S/C13H18N4O3/c1-13(12(19)20)4-5-16(8-13)11(18)7-17-6-10(14-15-17)9-2-3-9/h6,9H,2-5,7-8H2,1H3,(H,19,20). The zero-order valence-electron chi connectivity index (χ0n) is 11.4. The number of amides is 1. The Morgan fingerprint density at radius 1 is 1.50 bits per heavy atom. The van der Waals surface area contributed by atoms with Gasteiger partial charge in [-0.25, -0.2) is 4.68 Å². The van der Waals surface area contributed by atoms with Crippen molar-refractivity contribution in [2.45, 2.75) is 38.6 Å². The molecule has 0 aromatic carbocycles. The van der Waals surface area contributed by atoms with Crippen LogP contribution in [0.1, 0.15) is 37.8 Å². The predicted octanol–water partition coefficient (Wildman–Crippen LogP) is 0.479. The number of aromatic nitrogens is 3. The summed E-state index contributed by atoms with van der Waals surface area (Å²) in [5, 5.41) is 17.2. The van der Waals surface area contributed by atoms with Crippen molar-refractivity contribution in [1.29, 1.82) is 0 Å². The van der Waals surface area contributed by atoms with Gasteiger partial charge in [0.25, 0.3) is 0 Å². The first-order valence-electron chi connectivity index (χ1n) is 6.89. The highest BCUT2D eigenvalue weighted by Crippen LogP contribution is 2.38. The number of carbonyl (C=O) groups excluding carboxylic acids is 1. The van der Waals surface area contributed by atoms with Crippen LogP contribution in [0.15, 0.2) is 6.20 Å². The first kappa shape index (κ1) is 13.1. The fourth-order valence-corrected chi connectivity index (χ4v) is 2.54. The van der Waals surface area contributed by atoms with Gasteiger partial charge >= 0.3 is 5.97 Å². The molecule has 1 aromatic heterocycles. The fourth-order valence-electron chi connectivity index (χ4n) is 2.54. The first-order chi connectivity index (χ1) is 9.48. The minimum Gasteiger partial charge on any atom is -0.481 e. The molecule has 7 heteroatoms. The highest BCUT2D eigenvalue weighted by atomic mass is 16.4. The zero-order chi connectivity index (χ0) is 14.3. The van der Waals surface area contributed by atoms with E-state index in [1.54, 1.807) is 16.5 Å². The quantitative estimate of drug-likeness (QED) is 0.865. The van der Waals surface area contributed by atoms with E-state index in [0.717, 1.165) is 18.5 Å². The van der Waals surface area contributed by atoms with Crippen LogP contribution in [0.2, 0.25) is 0 Å². The van der Waals surface area contributed by atoms with E-state index in [0.29, 0.717) is 18.9 Å². The molecule has 1 aliphatic heterocycles. The van der Waals surface area contributed by atoms with Gasteiger partial charge in [-0.1, -0.05) is 5.21 Å². The minimum absolute atomic E-state index is 0.0952. The van der Waals surface area contributed by atoms with Crippen LogP contribution in [0, 0.1) is 5.41 Å². The largest absolute Gasteiger partial charge is 0.481 e. The molecule has 2 fully saturated rings. The Morgan fingerprint density at radius 2 is 2.25 bits per heavy atom. The number of hydrogen-bond acceptors (Lipinski definition) is 4. The molecule has 1 amide bonds. The van der Waals surface area contributed by atoms with Crippen LogP contribution in [0.3, 0.4) is 0 Å². The van der Waals surface area contributed by atoms with Crippen molar-refractivity contribution in [2.75, 3.05) is 13.1 Å². The summed E-state index contributed by atoms with van der Waals surface area (Å²) >= 11 is 0. The summed E-state index contributed by atoms with van der Waals surface area (Å²) in [7, 11) is 0. The number of nitrogens with zero attached hydrogens (tertiary/aromatic N) is 4. The molecule has 1 saturated carbocycles. The summed E-state index contributed by atoms with van der Waals surface area (Å²) in [4.78, 5) is 24.9. The van der Waals surface area contributed by atoms with E-state index in [1.807, 2.05) is 6.20 Å². The summed E-state index contributed by atoms with van der Waals surface area (Å²) in [6.45, 7) is 2.58. The predicted molar refractivity (Wildman–Crippen MR) is 68.9 cm³/mol. The normalized spacial score (nSPS) is 25.9. The van der Waals surface area contributed by atoms with E-state index in [4.69, 9.17) is 5.11 Å². The van der Waals surface area contributed by atoms with E-state index in [9.17, 15) is 9.59 Å². The Bertz CT molecular complexity index is 552. The Labute approximate surface area is 116 Å². The van der Waals surface area contributed by atoms with Gasteiger partial charge in [0.15, 0.2) is 0 Å². The van der Waals surface area contributed by atoms with Crippen LogP contribution in [0.5, 0.6) is 0 Å². The van der Waals surface area contributed by atoms with Crippen LogP contribution in [-0.2, 0) is 16.1 Å². The highest BCUT2D eigenvalue weighted by molar-refractivity contribution is 5.80. The summed E-state index contributed by atoms with van der Waals surface area (Å²) in [6.07, 6.45) is 4.62. The van der Waals surface area contributed by atoms with E-state index >= 15 is 0 Å². The maximum absolute atomic E-state index is 12.2. The molecule has 2 aliphatic rings. The minimum atomic E-state index is -0.843. The van der Waals surface area contributed by atoms with E-state index in [1.165, 1.54) is 0 Å². The van der Waals surface area contributed by atoms with Crippen molar-refractivity contribution in [2.24, 2.45) is 5.41 Å². The maximum Gasteiger partial charge on any atom is 0.311 e. The molecule has 0 spiro atoms. The second-order valence-corrected chi connectivity index (χ2v) is 6.05. The number of carboxylic acids is 1. The molecule has 7 nitrogen and oxygen atoms in total. The second kappa shape index (κ2) is 4.57. The molecule has 1 unspecified atom stereocenters. The summed E-state index contributed by atoms with van der Waals surface area (Å²) in [5.74, 6) is -0.423. The highest BCUT2D eigenvalue weighted by Gasteiger charge is 2.42. The van der Waals surface area contributed by atoms with Gasteiger partial charge in [0, 0.05) is 25.2 Å². The Hall–Kier alpha value is -1.92. The van der Waals surface area contributed by atoms with Crippen molar-refractivity contribution < 1.29 is 14.7 Å². The molecule has 108 valence electrons. The van der Waals surface area contributed by atoms with Crippen molar-refractivity contribution in [1.82, 2.24) is 19.9 Å². The summed E-state index contributed by atoms with van der Waals surface area (Å²) in [5.41, 5.74) is 0.131. The lowest BCUT2D eigenvalue weighted by atomic mass is 9.90. The van der Waals surface area contributed by atoms with Gasteiger partial charge in [0.1, 0.15) is 6.54 Å². The second-order valence-electron chi connectivity index (χ2n) is 6.05. The summed E-state index contributed by atoms with van der Waals surface area (Å²) in [6, 6.07) is 0. The van der Waals surface area contributed by atoms with Gasteiger partial charge in [-0.15, -0.1) is 5.10 Å². The maximum atomic E-state index is 12.2. The fraction of sp³-hybridized carbons (Fsp3) is 0.692. The number of rotatable bonds is 4. The monoisotopic (exact) mass is 278 g/mol. The third kappa shape index (κ3) is 2.39. The van der Waals surface area contributed by atoms with Crippen molar-refractivity contribution in [3.05, 3.63) is 11.9 Å². The van der Waals surface area contributed by atoms with E-state index in [-0.39, 0.29) is 19.0 Å². The average molecular weight is 278 g/mol. The van der Waals surface area contributed by atoms with Crippen molar-refractivity contribution in [3.8, 4) is 0 Å². The van der Waals surface area contributed by atoms with Gasteiger partial charge < -0.3 is 10.0 Å². The van der Waals surface area contributed by atoms with Crippen LogP contribution < -0.4 is 0 Å². The Morgan fingerprint density at radius 3 is 2.85 bits per heavy atom. The zero-order valence-corrected chi connectivity index (χ0v) is 11.4. The van der Waals surface area contributed by atoms with Crippen molar-refractivity contribution >= 4 is 11.9 Å². The molecule has 1 saturated heterocycles. The van der Waals surface area contributed by atoms with Gasteiger partial charge in [-0.3, -0.25) is 9.59 Å². The number of likely N-dealkylation sites (tertiary alicyclic amines) is 1. The molecule has 2 heterocycles. The molecule has 20 heavy (non-hydrogen) atoms. The Balaban J connectivity index is 1.60. The third-order valence-electron chi connectivity index (χ3n) is 4.19. The number of carboxylic acid groups (broad SMARTS) is 1. The first-order valence-corrected chi connectivity index (χ1v) is 6.89. The lowest BCUT2D eigenvalue weighted by Gasteiger charge is -2.20. The number of hydrogen-bond donors (Lipinski definition) is 1. The lowest BCUT2D eigenvalue weighted by molar-refractivity contribution is -0.147. The van der Waals surface area contributed by atoms with Gasteiger partial charge in [-0.05, 0) is 26.2 Å². The molecule has 1 aliphatic carbocycles. The SMILES string of the molecule is CC1(C(=O)O)CCN(C(=O)Cn2cc(C3CC3)nn2)C1.